The molecule has 0 unspecified atom stereocenters. The molecule has 0 atom stereocenters. The van der Waals surface area contributed by atoms with Crippen LogP contribution in [-0.2, 0) is 0 Å². The summed E-state index contributed by atoms with van der Waals surface area (Å²) < 4.78 is 0.930. The molecule has 0 saturated heterocycles. The van der Waals surface area contributed by atoms with E-state index in [0.29, 0.717) is 0 Å². The number of benzene rings is 2. The second-order valence-corrected chi connectivity index (χ2v) is 4.76. The maximum Gasteiger partial charge on any atom is 0.161 e. The van der Waals surface area contributed by atoms with Crippen LogP contribution in [-0.4, -0.2) is 13.1 Å². The van der Waals surface area contributed by atoms with E-state index in [1.165, 1.54) is 22.7 Å². The van der Waals surface area contributed by atoms with Crippen molar-refractivity contribution >= 4 is 22.7 Å². The molecule has 0 bridgehead atoms. The van der Waals surface area contributed by atoms with Crippen LogP contribution in [0, 0.1) is 0 Å². The molecule has 0 radical (unpaired) electrons. The Kier molecular flexibility index (Phi) is 2.60. The second kappa shape index (κ2) is 4.14. The van der Waals surface area contributed by atoms with Crippen molar-refractivity contribution in [3.8, 4) is 0 Å². The average molecular weight is 239 g/mol. The third kappa shape index (κ3) is 1.39. The Labute approximate surface area is 108 Å². The summed E-state index contributed by atoms with van der Waals surface area (Å²) in [6, 6.07) is 17.3. The molecule has 0 aromatic heterocycles. The minimum atomic E-state index is 0.930. The predicted octanol–water partition coefficient (Wildman–Crippen LogP) is 4.42. The number of quaternary nitrogens is 1. The SMILES string of the molecule is CC[N+]1(CC)c2ccccc2Nc2ccccc21. The van der Waals surface area contributed by atoms with Crippen molar-refractivity contribution in [1.82, 2.24) is 4.48 Å². The third-order valence-electron chi connectivity index (χ3n) is 4.08. The van der Waals surface area contributed by atoms with Crippen molar-refractivity contribution in [2.75, 3.05) is 18.4 Å². The van der Waals surface area contributed by atoms with Gasteiger partial charge < -0.3 is 5.32 Å². The molecule has 92 valence electrons. The number of nitrogens with zero attached hydrogens (tertiary/aromatic N) is 1. The van der Waals surface area contributed by atoms with Gasteiger partial charge in [0, 0.05) is 12.1 Å². The van der Waals surface area contributed by atoms with Crippen molar-refractivity contribution in [2.45, 2.75) is 13.8 Å². The van der Waals surface area contributed by atoms with Crippen LogP contribution in [0.25, 0.3) is 0 Å². The van der Waals surface area contributed by atoms with E-state index in [9.17, 15) is 0 Å². The van der Waals surface area contributed by atoms with E-state index in [-0.39, 0.29) is 0 Å². The molecule has 2 aromatic carbocycles. The van der Waals surface area contributed by atoms with Gasteiger partial charge in [-0.2, -0.15) is 0 Å². The van der Waals surface area contributed by atoms with Gasteiger partial charge in [-0.05, 0) is 26.0 Å². The lowest BCUT2D eigenvalue weighted by atomic mass is 10.1. The van der Waals surface area contributed by atoms with Gasteiger partial charge in [0.05, 0.1) is 13.1 Å². The summed E-state index contributed by atoms with van der Waals surface area (Å²) in [5.74, 6) is 0. The van der Waals surface area contributed by atoms with Gasteiger partial charge in [0.1, 0.15) is 11.4 Å². The molecule has 0 fully saturated rings. The number of nitrogens with one attached hydrogen (secondary N) is 1. The molecule has 0 saturated carbocycles. The largest absolute Gasteiger partial charge is 0.346 e. The van der Waals surface area contributed by atoms with E-state index in [0.717, 1.165) is 17.6 Å². The highest BCUT2D eigenvalue weighted by molar-refractivity contribution is 5.88. The molecule has 3 rings (SSSR count). The van der Waals surface area contributed by atoms with Crippen molar-refractivity contribution in [2.24, 2.45) is 0 Å². The van der Waals surface area contributed by atoms with Crippen LogP contribution in [0.4, 0.5) is 22.7 Å². The van der Waals surface area contributed by atoms with Gasteiger partial charge in [0.2, 0.25) is 0 Å². The molecule has 0 amide bonds. The molecule has 1 aliphatic rings. The van der Waals surface area contributed by atoms with E-state index in [2.05, 4.69) is 67.7 Å². The summed E-state index contributed by atoms with van der Waals surface area (Å²) in [7, 11) is 0. The maximum atomic E-state index is 3.55. The summed E-state index contributed by atoms with van der Waals surface area (Å²) in [5.41, 5.74) is 5.22. The van der Waals surface area contributed by atoms with E-state index in [1.54, 1.807) is 0 Å². The number of rotatable bonds is 2. The summed E-state index contributed by atoms with van der Waals surface area (Å²) in [5, 5.41) is 3.55. The van der Waals surface area contributed by atoms with Crippen LogP contribution in [0.1, 0.15) is 13.8 Å². The quantitative estimate of drug-likeness (QED) is 0.765. The van der Waals surface area contributed by atoms with Crippen molar-refractivity contribution in [3.63, 3.8) is 0 Å². The lowest BCUT2D eigenvalue weighted by Gasteiger charge is -2.41. The van der Waals surface area contributed by atoms with Gasteiger partial charge in [-0.25, -0.2) is 0 Å². The molecule has 0 spiro atoms. The van der Waals surface area contributed by atoms with Crippen LogP contribution < -0.4 is 9.80 Å². The topological polar surface area (TPSA) is 12.0 Å². The van der Waals surface area contributed by atoms with Crippen LogP contribution in [0.2, 0.25) is 0 Å². The number of hydrogen-bond donors (Lipinski definition) is 1. The normalized spacial score (nSPS) is 15.4. The average Bonchev–Trinajstić information content (AvgIpc) is 2.45. The van der Waals surface area contributed by atoms with Gasteiger partial charge >= 0.3 is 0 Å². The molecule has 2 heteroatoms. The van der Waals surface area contributed by atoms with E-state index in [1.807, 2.05) is 0 Å². The van der Waals surface area contributed by atoms with Crippen molar-refractivity contribution in [3.05, 3.63) is 48.5 Å². The summed E-state index contributed by atoms with van der Waals surface area (Å²) in [6.45, 7) is 6.68. The molecule has 1 heterocycles. The lowest BCUT2D eigenvalue weighted by molar-refractivity contribution is 0.420. The highest BCUT2D eigenvalue weighted by Crippen LogP contribution is 2.48. The Balaban J connectivity index is 2.30. The second-order valence-electron chi connectivity index (χ2n) is 4.76. The molecule has 1 N–H and O–H groups in total. The van der Waals surface area contributed by atoms with Gasteiger partial charge in [-0.3, -0.25) is 4.48 Å². The smallest absolute Gasteiger partial charge is 0.161 e. The van der Waals surface area contributed by atoms with Crippen LogP contribution in [0.5, 0.6) is 0 Å². The standard InChI is InChI=1S/C16H19N2/c1-3-18(4-2)15-11-7-5-9-13(15)17-14-10-6-8-12-16(14)18/h5-12,17H,3-4H2,1-2H3/q+1. The fourth-order valence-electron chi connectivity index (χ4n) is 3.09. The number of para-hydroxylation sites is 4. The Bertz CT molecular complexity index is 523. The molecule has 2 nitrogen and oxygen atoms in total. The van der Waals surface area contributed by atoms with Crippen molar-refractivity contribution in [1.29, 1.82) is 0 Å². The number of fused-ring (bicyclic) bond motifs is 2. The number of hydrogen-bond acceptors (Lipinski definition) is 1. The molecule has 1 aliphatic heterocycles. The van der Waals surface area contributed by atoms with Crippen LogP contribution in [0.15, 0.2) is 48.5 Å². The first kappa shape index (κ1) is 11.3. The first-order valence-corrected chi connectivity index (χ1v) is 6.65. The van der Waals surface area contributed by atoms with Crippen LogP contribution in [0.3, 0.4) is 0 Å². The molecular weight excluding hydrogens is 220 g/mol. The van der Waals surface area contributed by atoms with E-state index < -0.39 is 0 Å². The Morgan fingerprint density at radius 1 is 0.778 bits per heavy atom. The Morgan fingerprint density at radius 2 is 1.22 bits per heavy atom. The fraction of sp³-hybridized carbons (Fsp3) is 0.250. The van der Waals surface area contributed by atoms with E-state index in [4.69, 9.17) is 0 Å². The molecular formula is C16H19N2+. The van der Waals surface area contributed by atoms with Gasteiger partial charge in [0.15, 0.2) is 11.4 Å². The van der Waals surface area contributed by atoms with E-state index >= 15 is 0 Å². The van der Waals surface area contributed by atoms with Gasteiger partial charge in [-0.15, -0.1) is 0 Å². The first-order valence-electron chi connectivity index (χ1n) is 6.65. The predicted molar refractivity (Wildman–Crippen MR) is 78.7 cm³/mol. The Hall–Kier alpha value is -1.80. The van der Waals surface area contributed by atoms with Gasteiger partial charge in [0.25, 0.3) is 0 Å². The molecule has 2 aromatic rings. The van der Waals surface area contributed by atoms with Gasteiger partial charge in [-0.1, -0.05) is 24.3 Å². The van der Waals surface area contributed by atoms with Crippen molar-refractivity contribution < 1.29 is 0 Å². The monoisotopic (exact) mass is 239 g/mol. The third-order valence-corrected chi connectivity index (χ3v) is 4.08. The minimum Gasteiger partial charge on any atom is -0.346 e. The zero-order valence-corrected chi connectivity index (χ0v) is 11.0. The summed E-state index contributed by atoms with van der Waals surface area (Å²) >= 11 is 0. The highest BCUT2D eigenvalue weighted by atomic mass is 15.4. The molecule has 0 aliphatic carbocycles. The number of anilines is 2. The zero-order valence-electron chi connectivity index (χ0n) is 11.0. The summed E-state index contributed by atoms with van der Waals surface area (Å²) in [6.07, 6.45) is 0. The lowest BCUT2D eigenvalue weighted by Crippen LogP contribution is -2.46. The zero-order chi connectivity index (χ0) is 12.6. The minimum absolute atomic E-state index is 0.930. The first-order chi connectivity index (χ1) is 8.81. The molecule has 18 heavy (non-hydrogen) atoms. The fourth-order valence-corrected chi connectivity index (χ4v) is 3.09. The highest BCUT2D eigenvalue weighted by Gasteiger charge is 2.37. The van der Waals surface area contributed by atoms with Crippen LogP contribution >= 0.6 is 0 Å². The maximum absolute atomic E-state index is 3.55. The Morgan fingerprint density at radius 3 is 1.67 bits per heavy atom. The summed E-state index contributed by atoms with van der Waals surface area (Å²) in [4.78, 5) is 0.